The highest BCUT2D eigenvalue weighted by Crippen LogP contribution is 2.31. The second-order valence-electron chi connectivity index (χ2n) is 9.07. The molecule has 7 N–H and O–H groups in total. The van der Waals surface area contributed by atoms with Gasteiger partial charge in [0.15, 0.2) is 5.84 Å². The molecule has 3 aromatic rings. The molecule has 0 spiro atoms. The van der Waals surface area contributed by atoms with Crippen LogP contribution in [-0.4, -0.2) is 56.0 Å². The van der Waals surface area contributed by atoms with Gasteiger partial charge in [-0.1, -0.05) is 11.6 Å². The fraction of sp³-hybridized carbons (Fsp3) is 0.308. The molecule has 0 aliphatic heterocycles. The van der Waals surface area contributed by atoms with Crippen molar-refractivity contribution < 1.29 is 15.0 Å². The fourth-order valence-corrected chi connectivity index (χ4v) is 4.26. The first-order chi connectivity index (χ1) is 18.8. The number of benzene rings is 1. The van der Waals surface area contributed by atoms with Gasteiger partial charge in [-0.2, -0.15) is 15.3 Å². The van der Waals surface area contributed by atoms with Crippen molar-refractivity contribution in [3.63, 3.8) is 0 Å². The lowest BCUT2D eigenvalue weighted by Gasteiger charge is -2.14. The zero-order valence-electron chi connectivity index (χ0n) is 21.5. The molecule has 4 rings (SSSR count). The zero-order valence-corrected chi connectivity index (χ0v) is 22.3. The van der Waals surface area contributed by atoms with Crippen LogP contribution >= 0.6 is 11.6 Å². The SMILES string of the molecule is Cc1nn(C(CO)CO)c(C)c1-c1ccnc(/C(=C\N)C(=O)Nc2cc(/C(N=NC3CC3)=N/N)ccc2Cl)c1. The molecule has 1 amide bonds. The molecular formula is C26H30ClN9O3. The van der Waals surface area contributed by atoms with Crippen LogP contribution in [0.5, 0.6) is 0 Å². The first kappa shape index (κ1) is 27.9. The third kappa shape index (κ3) is 6.14. The topological polar surface area (TPSA) is 189 Å². The molecule has 13 heteroatoms. The first-order valence-corrected chi connectivity index (χ1v) is 12.6. The lowest BCUT2D eigenvalue weighted by atomic mass is 10.0. The number of hydrazone groups is 1. The van der Waals surface area contributed by atoms with Crippen LogP contribution in [0.3, 0.4) is 0 Å². The Hall–Kier alpha value is -4.13. The van der Waals surface area contributed by atoms with Gasteiger partial charge >= 0.3 is 0 Å². The van der Waals surface area contributed by atoms with E-state index in [0.29, 0.717) is 27.7 Å². The van der Waals surface area contributed by atoms with E-state index in [1.165, 1.54) is 6.20 Å². The lowest BCUT2D eigenvalue weighted by molar-refractivity contribution is -0.111. The molecule has 0 unspecified atom stereocenters. The number of nitrogens with one attached hydrogen (secondary N) is 1. The number of nitrogens with zero attached hydrogens (tertiary/aromatic N) is 6. The molecule has 0 radical (unpaired) electrons. The van der Waals surface area contributed by atoms with Gasteiger partial charge in [-0.15, -0.1) is 5.11 Å². The van der Waals surface area contributed by atoms with Crippen LogP contribution in [0.1, 0.15) is 41.5 Å². The number of nitrogens with two attached hydrogens (primary N) is 2. The second-order valence-corrected chi connectivity index (χ2v) is 9.47. The summed E-state index contributed by atoms with van der Waals surface area (Å²) in [4.78, 5) is 17.6. The number of carbonyl (C=O) groups is 1. The van der Waals surface area contributed by atoms with Crippen LogP contribution in [0.25, 0.3) is 16.7 Å². The van der Waals surface area contributed by atoms with Crippen LogP contribution in [-0.2, 0) is 4.79 Å². The molecule has 2 aromatic heterocycles. The number of hydrogen-bond donors (Lipinski definition) is 5. The summed E-state index contributed by atoms with van der Waals surface area (Å²) < 4.78 is 1.59. The third-order valence-corrected chi connectivity index (χ3v) is 6.62. The summed E-state index contributed by atoms with van der Waals surface area (Å²) in [6, 6.07) is 8.03. The number of amidine groups is 1. The summed E-state index contributed by atoms with van der Waals surface area (Å²) in [5, 5.41) is 38.8. The average Bonchev–Trinajstić information content (AvgIpc) is 3.71. The Bertz CT molecular complexity index is 1460. The maximum Gasteiger partial charge on any atom is 0.259 e. The molecule has 0 saturated heterocycles. The van der Waals surface area contributed by atoms with Gasteiger partial charge in [-0.3, -0.25) is 14.5 Å². The number of anilines is 1. The minimum atomic E-state index is -0.565. The summed E-state index contributed by atoms with van der Waals surface area (Å²) in [6.07, 6.45) is 4.71. The molecule has 2 heterocycles. The van der Waals surface area contributed by atoms with Crippen molar-refractivity contribution >= 4 is 34.6 Å². The van der Waals surface area contributed by atoms with E-state index in [-0.39, 0.29) is 30.7 Å². The summed E-state index contributed by atoms with van der Waals surface area (Å²) in [5.74, 6) is 5.20. The van der Waals surface area contributed by atoms with Crippen LogP contribution in [0.2, 0.25) is 5.02 Å². The van der Waals surface area contributed by atoms with E-state index in [2.05, 4.69) is 30.7 Å². The minimum Gasteiger partial charge on any atom is -0.404 e. The fourth-order valence-electron chi connectivity index (χ4n) is 4.09. The summed E-state index contributed by atoms with van der Waals surface area (Å²) >= 11 is 6.36. The van der Waals surface area contributed by atoms with Gasteiger partial charge < -0.3 is 27.1 Å². The Morgan fingerprint density at radius 3 is 2.64 bits per heavy atom. The number of hydrogen-bond acceptors (Lipinski definition) is 9. The standard InChI is InChI=1S/C26H30ClN9O3/c1-14-24(15(2)36(35-14)19(12-37)13-38)16-7-8-30-22(9-16)20(11-28)26(39)31-23-10-17(3-6-21(23)27)25(32-29)34-33-18-4-5-18/h3,6-11,18-19,37-38H,4-5,12-13,28-29H2,1-2H3,(H,31,39)/b20-11+,32-25-,34-33?. The highest BCUT2D eigenvalue weighted by atomic mass is 35.5. The second kappa shape index (κ2) is 12.2. The van der Waals surface area contributed by atoms with Gasteiger partial charge in [-0.25, -0.2) is 0 Å². The number of aliphatic hydroxyl groups is 2. The van der Waals surface area contributed by atoms with E-state index in [0.717, 1.165) is 29.7 Å². The number of aromatic nitrogens is 3. The lowest BCUT2D eigenvalue weighted by Crippen LogP contribution is -2.19. The normalized spacial score (nSPS) is 14.4. The van der Waals surface area contributed by atoms with E-state index in [1.54, 1.807) is 41.2 Å². The number of aryl methyl sites for hydroxylation is 1. The third-order valence-electron chi connectivity index (χ3n) is 6.29. The zero-order chi connectivity index (χ0) is 28.1. The van der Waals surface area contributed by atoms with Crippen molar-refractivity contribution in [3.8, 4) is 11.1 Å². The molecule has 1 aromatic carbocycles. The molecule has 1 aliphatic rings. The molecule has 39 heavy (non-hydrogen) atoms. The van der Waals surface area contributed by atoms with E-state index in [1.807, 2.05) is 13.8 Å². The maximum absolute atomic E-state index is 13.3. The van der Waals surface area contributed by atoms with Gasteiger partial charge in [0.1, 0.15) is 0 Å². The van der Waals surface area contributed by atoms with Gasteiger partial charge in [0.05, 0.1) is 53.0 Å². The van der Waals surface area contributed by atoms with Gasteiger partial charge in [0.25, 0.3) is 5.91 Å². The van der Waals surface area contributed by atoms with Gasteiger partial charge in [0, 0.05) is 29.2 Å². The predicted molar refractivity (Wildman–Crippen MR) is 149 cm³/mol. The molecule has 204 valence electrons. The van der Waals surface area contributed by atoms with Crippen LogP contribution in [0.15, 0.2) is 58.1 Å². The van der Waals surface area contributed by atoms with E-state index in [4.69, 9.17) is 23.2 Å². The van der Waals surface area contributed by atoms with Crippen molar-refractivity contribution in [2.24, 2.45) is 26.9 Å². The van der Waals surface area contributed by atoms with Crippen LogP contribution < -0.4 is 16.9 Å². The van der Waals surface area contributed by atoms with Crippen molar-refractivity contribution in [2.45, 2.75) is 38.8 Å². The van der Waals surface area contributed by atoms with Crippen LogP contribution in [0.4, 0.5) is 5.69 Å². The molecular weight excluding hydrogens is 522 g/mol. The Morgan fingerprint density at radius 1 is 1.26 bits per heavy atom. The quantitative estimate of drug-likeness (QED) is 0.0674. The number of halogens is 1. The largest absolute Gasteiger partial charge is 0.404 e. The van der Waals surface area contributed by atoms with E-state index >= 15 is 0 Å². The van der Waals surface area contributed by atoms with Gasteiger partial charge in [0.2, 0.25) is 0 Å². The molecule has 1 fully saturated rings. The van der Waals surface area contributed by atoms with Crippen molar-refractivity contribution in [2.75, 3.05) is 18.5 Å². The van der Waals surface area contributed by atoms with Gasteiger partial charge in [-0.05, 0) is 62.6 Å². The molecule has 1 saturated carbocycles. The number of aliphatic hydroxyl groups excluding tert-OH is 2. The molecule has 0 bridgehead atoms. The van der Waals surface area contributed by atoms with E-state index < -0.39 is 11.9 Å². The average molecular weight is 552 g/mol. The minimum absolute atomic E-state index is 0.116. The van der Waals surface area contributed by atoms with Crippen molar-refractivity contribution in [3.05, 3.63) is 70.4 Å². The number of pyridine rings is 1. The highest BCUT2D eigenvalue weighted by Gasteiger charge is 2.22. The number of amides is 1. The van der Waals surface area contributed by atoms with Crippen LogP contribution in [0, 0.1) is 13.8 Å². The smallest absolute Gasteiger partial charge is 0.259 e. The Labute approximate surface area is 230 Å². The Kier molecular flexibility index (Phi) is 8.69. The number of carbonyl (C=O) groups excluding carboxylic acids is 1. The monoisotopic (exact) mass is 551 g/mol. The number of rotatable bonds is 9. The Balaban J connectivity index is 1.61. The van der Waals surface area contributed by atoms with Crippen molar-refractivity contribution in [1.82, 2.24) is 14.8 Å². The first-order valence-electron chi connectivity index (χ1n) is 12.3. The molecule has 1 aliphatic carbocycles. The summed E-state index contributed by atoms with van der Waals surface area (Å²) in [5.41, 5.74) is 10.1. The summed E-state index contributed by atoms with van der Waals surface area (Å²) in [6.45, 7) is 3.16. The predicted octanol–water partition coefficient (Wildman–Crippen LogP) is 2.91. The van der Waals surface area contributed by atoms with Crippen molar-refractivity contribution in [1.29, 1.82) is 0 Å². The maximum atomic E-state index is 13.3. The Morgan fingerprint density at radius 2 is 2.00 bits per heavy atom. The highest BCUT2D eigenvalue weighted by molar-refractivity contribution is 6.35. The molecule has 0 atom stereocenters. The molecule has 12 nitrogen and oxygen atoms in total. The number of azo groups is 1. The summed E-state index contributed by atoms with van der Waals surface area (Å²) in [7, 11) is 0. The van der Waals surface area contributed by atoms with E-state index in [9.17, 15) is 15.0 Å².